The lowest BCUT2D eigenvalue weighted by Crippen LogP contribution is -1.95. The zero-order valence-corrected chi connectivity index (χ0v) is 9.05. The molecule has 0 bridgehead atoms. The van der Waals surface area contributed by atoms with Gasteiger partial charge in [0.1, 0.15) is 5.82 Å². The zero-order valence-electron chi connectivity index (χ0n) is 9.05. The average Bonchev–Trinajstić information content (AvgIpc) is 2.09. The van der Waals surface area contributed by atoms with Crippen LogP contribution in [0.5, 0.6) is 0 Å². The van der Waals surface area contributed by atoms with Crippen LogP contribution >= 0.6 is 0 Å². The summed E-state index contributed by atoms with van der Waals surface area (Å²) in [6.07, 6.45) is 4.57. The molecule has 0 aliphatic heterocycles. The monoisotopic (exact) mass is 192 g/mol. The maximum absolute atomic E-state index is 13.4. The van der Waals surface area contributed by atoms with Crippen molar-refractivity contribution in [2.45, 2.75) is 27.2 Å². The Labute approximate surface area is 85.5 Å². The number of halogens is 1. The maximum Gasteiger partial charge on any atom is 0.130 e. The minimum atomic E-state index is -0.124. The first-order valence-corrected chi connectivity index (χ1v) is 5.04. The Balaban J connectivity index is 2.88. The summed E-state index contributed by atoms with van der Waals surface area (Å²) >= 11 is 0. The smallest absolute Gasteiger partial charge is 0.130 e. The third-order valence-electron chi connectivity index (χ3n) is 2.06. The molecule has 0 aliphatic carbocycles. The SMILES string of the molecule is C/C=C/c1ccc(CC(C)C)cc1F. The third kappa shape index (κ3) is 2.99. The first kappa shape index (κ1) is 11.0. The molecule has 76 valence electrons. The van der Waals surface area contributed by atoms with Crippen molar-refractivity contribution in [2.75, 3.05) is 0 Å². The summed E-state index contributed by atoms with van der Waals surface area (Å²) in [5.41, 5.74) is 1.74. The van der Waals surface area contributed by atoms with Crippen LogP contribution in [0.15, 0.2) is 24.3 Å². The van der Waals surface area contributed by atoms with Gasteiger partial charge in [-0.1, -0.05) is 38.1 Å². The second-order valence-electron chi connectivity index (χ2n) is 3.95. The van der Waals surface area contributed by atoms with Crippen molar-refractivity contribution in [3.63, 3.8) is 0 Å². The number of benzene rings is 1. The van der Waals surface area contributed by atoms with E-state index in [1.807, 2.05) is 25.1 Å². The van der Waals surface area contributed by atoms with Crippen LogP contribution in [0.25, 0.3) is 6.08 Å². The van der Waals surface area contributed by atoms with Gasteiger partial charge in [0.15, 0.2) is 0 Å². The minimum Gasteiger partial charge on any atom is -0.206 e. The van der Waals surface area contributed by atoms with Crippen molar-refractivity contribution in [3.05, 3.63) is 41.2 Å². The van der Waals surface area contributed by atoms with Crippen LogP contribution in [-0.2, 0) is 6.42 Å². The fourth-order valence-electron chi connectivity index (χ4n) is 1.48. The molecular formula is C13H17F. The largest absolute Gasteiger partial charge is 0.206 e. The van der Waals surface area contributed by atoms with Crippen LogP contribution in [0.1, 0.15) is 31.9 Å². The van der Waals surface area contributed by atoms with E-state index in [0.717, 1.165) is 12.0 Å². The van der Waals surface area contributed by atoms with E-state index in [2.05, 4.69) is 13.8 Å². The van der Waals surface area contributed by atoms with Gasteiger partial charge in [0, 0.05) is 5.56 Å². The van der Waals surface area contributed by atoms with E-state index in [1.165, 1.54) is 0 Å². The fourth-order valence-corrected chi connectivity index (χ4v) is 1.48. The lowest BCUT2D eigenvalue weighted by Gasteiger charge is -2.05. The van der Waals surface area contributed by atoms with Crippen LogP contribution in [0.2, 0.25) is 0 Å². The molecule has 0 aromatic heterocycles. The molecule has 1 heteroatoms. The molecule has 0 heterocycles. The Morgan fingerprint density at radius 2 is 2.07 bits per heavy atom. The number of hydrogen-bond donors (Lipinski definition) is 0. The van der Waals surface area contributed by atoms with Gasteiger partial charge in [0.2, 0.25) is 0 Å². The Morgan fingerprint density at radius 1 is 1.36 bits per heavy atom. The molecule has 0 fully saturated rings. The maximum atomic E-state index is 13.4. The number of allylic oxidation sites excluding steroid dienone is 1. The van der Waals surface area contributed by atoms with Crippen molar-refractivity contribution < 1.29 is 4.39 Å². The Hall–Kier alpha value is -1.11. The molecule has 0 N–H and O–H groups in total. The second-order valence-corrected chi connectivity index (χ2v) is 3.95. The average molecular weight is 192 g/mol. The van der Waals surface area contributed by atoms with E-state index >= 15 is 0 Å². The van der Waals surface area contributed by atoms with Gasteiger partial charge < -0.3 is 0 Å². The molecule has 1 aromatic carbocycles. The van der Waals surface area contributed by atoms with Gasteiger partial charge in [0.25, 0.3) is 0 Å². The highest BCUT2D eigenvalue weighted by atomic mass is 19.1. The molecule has 0 saturated heterocycles. The van der Waals surface area contributed by atoms with Crippen LogP contribution in [0, 0.1) is 11.7 Å². The normalized spacial score (nSPS) is 11.5. The van der Waals surface area contributed by atoms with Gasteiger partial charge in [-0.3, -0.25) is 0 Å². The predicted octanol–water partition coefficient (Wildman–Crippen LogP) is 4.06. The van der Waals surface area contributed by atoms with Crippen LogP contribution in [0.3, 0.4) is 0 Å². The lowest BCUT2D eigenvalue weighted by molar-refractivity contribution is 0.611. The van der Waals surface area contributed by atoms with Crippen LogP contribution in [-0.4, -0.2) is 0 Å². The summed E-state index contributed by atoms with van der Waals surface area (Å²) in [4.78, 5) is 0. The van der Waals surface area contributed by atoms with Crippen molar-refractivity contribution in [2.24, 2.45) is 5.92 Å². The number of hydrogen-bond acceptors (Lipinski definition) is 0. The Kier molecular flexibility index (Phi) is 3.87. The first-order chi connectivity index (χ1) is 6.63. The molecular weight excluding hydrogens is 175 g/mol. The van der Waals surface area contributed by atoms with E-state index in [0.29, 0.717) is 11.5 Å². The van der Waals surface area contributed by atoms with Gasteiger partial charge in [-0.2, -0.15) is 0 Å². The van der Waals surface area contributed by atoms with Gasteiger partial charge >= 0.3 is 0 Å². The highest BCUT2D eigenvalue weighted by Gasteiger charge is 2.02. The molecule has 0 atom stereocenters. The summed E-state index contributed by atoms with van der Waals surface area (Å²) in [5, 5.41) is 0. The van der Waals surface area contributed by atoms with Gasteiger partial charge in [-0.15, -0.1) is 0 Å². The summed E-state index contributed by atoms with van der Waals surface area (Å²) < 4.78 is 13.4. The quantitative estimate of drug-likeness (QED) is 0.677. The van der Waals surface area contributed by atoms with Crippen LogP contribution in [0.4, 0.5) is 4.39 Å². The van der Waals surface area contributed by atoms with Gasteiger partial charge in [0.05, 0.1) is 0 Å². The molecule has 0 amide bonds. The van der Waals surface area contributed by atoms with Gasteiger partial charge in [-0.05, 0) is 30.9 Å². The molecule has 0 spiro atoms. The Morgan fingerprint density at radius 3 is 2.57 bits per heavy atom. The van der Waals surface area contributed by atoms with E-state index in [1.54, 1.807) is 12.1 Å². The minimum absolute atomic E-state index is 0.124. The first-order valence-electron chi connectivity index (χ1n) is 5.04. The summed E-state index contributed by atoms with van der Waals surface area (Å²) in [7, 11) is 0. The molecule has 0 unspecified atom stereocenters. The summed E-state index contributed by atoms with van der Waals surface area (Å²) in [6, 6.07) is 5.47. The van der Waals surface area contributed by atoms with Crippen molar-refractivity contribution >= 4 is 6.08 Å². The second kappa shape index (κ2) is 4.94. The highest BCUT2D eigenvalue weighted by Crippen LogP contribution is 2.14. The summed E-state index contributed by atoms with van der Waals surface area (Å²) in [5.74, 6) is 0.447. The summed E-state index contributed by atoms with van der Waals surface area (Å²) in [6.45, 7) is 6.16. The van der Waals surface area contributed by atoms with Gasteiger partial charge in [-0.25, -0.2) is 4.39 Å². The third-order valence-corrected chi connectivity index (χ3v) is 2.06. The van der Waals surface area contributed by atoms with E-state index < -0.39 is 0 Å². The topological polar surface area (TPSA) is 0 Å². The van der Waals surface area contributed by atoms with E-state index in [-0.39, 0.29) is 5.82 Å². The van der Waals surface area contributed by atoms with Crippen molar-refractivity contribution in [1.82, 2.24) is 0 Å². The highest BCUT2D eigenvalue weighted by molar-refractivity contribution is 5.50. The predicted molar refractivity (Wildman–Crippen MR) is 59.7 cm³/mol. The van der Waals surface area contributed by atoms with Crippen LogP contribution < -0.4 is 0 Å². The lowest BCUT2D eigenvalue weighted by atomic mass is 10.0. The molecule has 0 saturated carbocycles. The van der Waals surface area contributed by atoms with E-state index in [4.69, 9.17) is 0 Å². The van der Waals surface area contributed by atoms with Crippen molar-refractivity contribution in [1.29, 1.82) is 0 Å². The standard InChI is InChI=1S/C13H17F/c1-4-5-12-7-6-11(8-10(2)3)9-13(12)14/h4-7,9-10H,8H2,1-3H3/b5-4+. The molecule has 0 radical (unpaired) electrons. The zero-order chi connectivity index (χ0) is 10.6. The molecule has 0 aliphatic rings. The molecule has 0 nitrogen and oxygen atoms in total. The number of rotatable bonds is 3. The molecule has 14 heavy (non-hydrogen) atoms. The fraction of sp³-hybridized carbons (Fsp3) is 0.385. The van der Waals surface area contributed by atoms with E-state index in [9.17, 15) is 4.39 Å². The van der Waals surface area contributed by atoms with Crippen molar-refractivity contribution in [3.8, 4) is 0 Å². The Bertz CT molecular complexity index is 324. The molecule has 1 rings (SSSR count). The molecule has 1 aromatic rings.